The summed E-state index contributed by atoms with van der Waals surface area (Å²) in [4.78, 5) is 4.12. The van der Waals surface area contributed by atoms with Crippen molar-refractivity contribution < 1.29 is 17.9 Å². The molecule has 0 aliphatic rings. The van der Waals surface area contributed by atoms with Crippen molar-refractivity contribution in [3.8, 4) is 17.0 Å². The third-order valence-electron chi connectivity index (χ3n) is 3.22. The Kier molecular flexibility index (Phi) is 4.13. The molecule has 2 nitrogen and oxygen atoms in total. The highest BCUT2D eigenvalue weighted by atomic mass is 35.5. The van der Waals surface area contributed by atoms with Gasteiger partial charge in [-0.25, -0.2) is 4.98 Å². The van der Waals surface area contributed by atoms with Crippen molar-refractivity contribution in [2.45, 2.75) is 6.18 Å². The van der Waals surface area contributed by atoms with Gasteiger partial charge in [0.1, 0.15) is 0 Å². The van der Waals surface area contributed by atoms with Gasteiger partial charge in [0, 0.05) is 16.5 Å². The molecule has 0 bridgehead atoms. The van der Waals surface area contributed by atoms with Gasteiger partial charge < -0.3 is 4.74 Å². The van der Waals surface area contributed by atoms with Crippen LogP contribution in [0.3, 0.4) is 0 Å². The van der Waals surface area contributed by atoms with Gasteiger partial charge in [-0.3, -0.25) is 0 Å². The first-order chi connectivity index (χ1) is 10.9. The zero-order chi connectivity index (χ0) is 16.4. The van der Waals surface area contributed by atoms with Crippen LogP contribution in [0.5, 0.6) is 5.88 Å². The summed E-state index contributed by atoms with van der Waals surface area (Å²) in [6, 6.07) is 15.8. The topological polar surface area (TPSA) is 22.1 Å². The maximum Gasteiger partial charge on any atom is 0.422 e. The summed E-state index contributed by atoms with van der Waals surface area (Å²) in [6.07, 6.45) is -4.41. The lowest BCUT2D eigenvalue weighted by molar-refractivity contribution is -0.154. The van der Waals surface area contributed by atoms with E-state index in [1.807, 2.05) is 30.3 Å². The second kappa shape index (κ2) is 6.08. The first kappa shape index (κ1) is 15.6. The molecule has 0 saturated heterocycles. The molecular weight excluding hydrogens is 327 g/mol. The van der Waals surface area contributed by atoms with Crippen LogP contribution < -0.4 is 4.74 Å². The van der Waals surface area contributed by atoms with Gasteiger partial charge in [-0.15, -0.1) is 0 Å². The third kappa shape index (κ3) is 3.74. The highest BCUT2D eigenvalue weighted by Crippen LogP contribution is 2.33. The average molecular weight is 338 g/mol. The minimum Gasteiger partial charge on any atom is -0.468 e. The number of pyridine rings is 1. The molecule has 0 aliphatic carbocycles. The van der Waals surface area contributed by atoms with Crippen molar-refractivity contribution in [2.24, 2.45) is 0 Å². The van der Waals surface area contributed by atoms with Crippen molar-refractivity contribution in [1.82, 2.24) is 4.98 Å². The predicted octanol–water partition coefficient (Wildman–Crippen LogP) is 5.50. The molecule has 6 heteroatoms. The first-order valence-electron chi connectivity index (χ1n) is 6.78. The number of rotatable bonds is 3. The number of ether oxygens (including phenoxy) is 1. The van der Waals surface area contributed by atoms with Gasteiger partial charge in [0.2, 0.25) is 5.88 Å². The van der Waals surface area contributed by atoms with Crippen LogP contribution in [-0.2, 0) is 0 Å². The maximum absolute atomic E-state index is 12.4. The van der Waals surface area contributed by atoms with Crippen molar-refractivity contribution in [3.05, 3.63) is 59.6 Å². The van der Waals surface area contributed by atoms with E-state index in [4.69, 9.17) is 16.3 Å². The lowest BCUT2D eigenvalue weighted by Gasteiger charge is -2.12. The summed E-state index contributed by atoms with van der Waals surface area (Å²) in [5, 5.41) is 1.28. The van der Waals surface area contributed by atoms with E-state index in [2.05, 4.69) is 4.98 Å². The van der Waals surface area contributed by atoms with Gasteiger partial charge in [-0.2, -0.15) is 13.2 Å². The molecule has 0 spiro atoms. The molecule has 0 unspecified atom stereocenters. The summed E-state index contributed by atoms with van der Waals surface area (Å²) in [6.45, 7) is -1.38. The fourth-order valence-electron chi connectivity index (χ4n) is 2.26. The van der Waals surface area contributed by atoms with Gasteiger partial charge in [0.05, 0.1) is 5.52 Å². The molecule has 23 heavy (non-hydrogen) atoms. The van der Waals surface area contributed by atoms with Crippen LogP contribution in [-0.4, -0.2) is 17.8 Å². The zero-order valence-electron chi connectivity index (χ0n) is 11.8. The molecule has 0 N–H and O–H groups in total. The predicted molar refractivity (Wildman–Crippen MR) is 83.7 cm³/mol. The fraction of sp³-hybridized carbons (Fsp3) is 0.118. The van der Waals surface area contributed by atoms with E-state index >= 15 is 0 Å². The fourth-order valence-corrected chi connectivity index (χ4v) is 2.43. The lowest BCUT2D eigenvalue weighted by Crippen LogP contribution is -2.19. The third-order valence-corrected chi connectivity index (χ3v) is 3.45. The standard InChI is InChI=1S/C17H11ClF3NO/c18-12-6-7-15-14(8-12)13(11-4-2-1-3-5-11)9-16(22-15)23-10-17(19,20)21/h1-9H,10H2. The Morgan fingerprint density at radius 1 is 1.00 bits per heavy atom. The second-order valence-corrected chi connectivity index (χ2v) is 5.38. The monoisotopic (exact) mass is 337 g/mol. The lowest BCUT2D eigenvalue weighted by atomic mass is 10.0. The number of hydrogen-bond acceptors (Lipinski definition) is 2. The Balaban J connectivity index is 2.13. The molecule has 0 saturated carbocycles. The summed E-state index contributed by atoms with van der Waals surface area (Å²) in [7, 11) is 0. The highest BCUT2D eigenvalue weighted by Gasteiger charge is 2.28. The molecule has 1 heterocycles. The minimum absolute atomic E-state index is 0.0731. The molecule has 0 atom stereocenters. The van der Waals surface area contributed by atoms with E-state index < -0.39 is 12.8 Å². The van der Waals surface area contributed by atoms with Crippen LogP contribution in [0.25, 0.3) is 22.0 Å². The number of hydrogen-bond donors (Lipinski definition) is 0. The summed E-state index contributed by atoms with van der Waals surface area (Å²) >= 11 is 6.03. The Bertz CT molecular complexity index is 834. The Morgan fingerprint density at radius 2 is 1.74 bits per heavy atom. The molecule has 118 valence electrons. The molecule has 2 aromatic carbocycles. The van der Waals surface area contributed by atoms with Crippen LogP contribution in [0.15, 0.2) is 54.6 Å². The molecule has 1 aromatic heterocycles. The van der Waals surface area contributed by atoms with E-state index in [0.717, 1.165) is 16.5 Å². The van der Waals surface area contributed by atoms with Crippen LogP contribution in [0.1, 0.15) is 0 Å². The molecule has 0 fully saturated rings. The van der Waals surface area contributed by atoms with Gasteiger partial charge in [-0.1, -0.05) is 41.9 Å². The molecule has 3 aromatic rings. The minimum atomic E-state index is -4.41. The SMILES string of the molecule is FC(F)(F)COc1cc(-c2ccccc2)c2cc(Cl)ccc2n1. The van der Waals surface area contributed by atoms with Crippen LogP contribution >= 0.6 is 11.6 Å². The summed E-state index contributed by atoms with van der Waals surface area (Å²) < 4.78 is 41.9. The van der Waals surface area contributed by atoms with Crippen LogP contribution in [0, 0.1) is 0 Å². The van der Waals surface area contributed by atoms with Crippen molar-refractivity contribution in [2.75, 3.05) is 6.61 Å². The number of benzene rings is 2. The van der Waals surface area contributed by atoms with E-state index in [-0.39, 0.29) is 5.88 Å². The van der Waals surface area contributed by atoms with E-state index in [0.29, 0.717) is 10.5 Å². The van der Waals surface area contributed by atoms with E-state index in [9.17, 15) is 13.2 Å². The van der Waals surface area contributed by atoms with Crippen molar-refractivity contribution in [1.29, 1.82) is 0 Å². The largest absolute Gasteiger partial charge is 0.468 e. The highest BCUT2D eigenvalue weighted by molar-refractivity contribution is 6.31. The number of alkyl halides is 3. The Morgan fingerprint density at radius 3 is 2.43 bits per heavy atom. The molecule has 3 rings (SSSR count). The average Bonchev–Trinajstić information content (AvgIpc) is 2.52. The smallest absolute Gasteiger partial charge is 0.422 e. The first-order valence-corrected chi connectivity index (χ1v) is 7.15. The van der Waals surface area contributed by atoms with Crippen molar-refractivity contribution >= 4 is 22.5 Å². The summed E-state index contributed by atoms with van der Waals surface area (Å²) in [5.41, 5.74) is 2.09. The number of nitrogens with zero attached hydrogens (tertiary/aromatic N) is 1. The Labute approximate surface area is 135 Å². The molecule has 0 amide bonds. The summed E-state index contributed by atoms with van der Waals surface area (Å²) in [5.74, 6) is -0.0731. The number of aromatic nitrogens is 1. The van der Waals surface area contributed by atoms with Gasteiger partial charge in [0.15, 0.2) is 6.61 Å². The second-order valence-electron chi connectivity index (χ2n) is 4.94. The quantitative estimate of drug-likeness (QED) is 0.630. The van der Waals surface area contributed by atoms with Gasteiger partial charge in [-0.05, 0) is 29.3 Å². The Hall–Kier alpha value is -2.27. The normalized spacial score (nSPS) is 11.7. The maximum atomic E-state index is 12.4. The number of fused-ring (bicyclic) bond motifs is 1. The van der Waals surface area contributed by atoms with E-state index in [1.165, 1.54) is 6.07 Å². The van der Waals surface area contributed by atoms with Crippen LogP contribution in [0.4, 0.5) is 13.2 Å². The van der Waals surface area contributed by atoms with E-state index in [1.54, 1.807) is 18.2 Å². The molecular formula is C17H11ClF3NO. The number of halogens is 4. The van der Waals surface area contributed by atoms with Gasteiger partial charge >= 0.3 is 6.18 Å². The van der Waals surface area contributed by atoms with Crippen molar-refractivity contribution in [3.63, 3.8) is 0 Å². The molecule has 0 radical (unpaired) electrons. The molecule has 0 aliphatic heterocycles. The van der Waals surface area contributed by atoms with Crippen LogP contribution in [0.2, 0.25) is 5.02 Å². The zero-order valence-corrected chi connectivity index (χ0v) is 12.5. The van der Waals surface area contributed by atoms with Gasteiger partial charge in [0.25, 0.3) is 0 Å².